The topological polar surface area (TPSA) is 76.6 Å². The van der Waals surface area contributed by atoms with Crippen LogP contribution in [0.4, 0.5) is 0 Å². The van der Waals surface area contributed by atoms with Crippen LogP contribution in [-0.4, -0.2) is 43.6 Å². The Morgan fingerprint density at radius 3 is 2.80 bits per heavy atom. The number of hydrogen-bond donors (Lipinski definition) is 0. The molecule has 0 radical (unpaired) electrons. The Hall–Kier alpha value is -1.34. The normalized spacial score (nSPS) is 19.4. The van der Waals surface area contributed by atoms with Crippen LogP contribution in [0, 0.1) is 5.92 Å². The quantitative estimate of drug-likeness (QED) is 0.757. The highest BCUT2D eigenvalue weighted by molar-refractivity contribution is 8.13. The molecule has 2 heterocycles. The van der Waals surface area contributed by atoms with Crippen LogP contribution in [0.15, 0.2) is 18.3 Å². The molecule has 1 aliphatic rings. The number of likely N-dealkylation sites (tertiary alicyclic amines) is 1. The van der Waals surface area contributed by atoms with Crippen LogP contribution in [0.25, 0.3) is 0 Å². The van der Waals surface area contributed by atoms with Gasteiger partial charge >= 0.3 is 0 Å². The molecule has 1 atom stereocenters. The van der Waals surface area contributed by atoms with Gasteiger partial charge in [-0.1, -0.05) is 6.07 Å². The Morgan fingerprint density at radius 2 is 2.25 bits per heavy atom. The summed E-state index contributed by atoms with van der Waals surface area (Å²) in [7, 11) is 3.18. The first-order valence-corrected chi connectivity index (χ1v) is 8.54. The monoisotopic (exact) mass is 318 g/mol. The van der Waals surface area contributed by atoms with Gasteiger partial charge in [-0.2, -0.15) is 0 Å². The number of hydrogen-bond acceptors (Lipinski definition) is 5. The minimum atomic E-state index is -3.57. The van der Waals surface area contributed by atoms with Crippen molar-refractivity contribution >= 4 is 25.6 Å². The van der Waals surface area contributed by atoms with Gasteiger partial charge in [-0.3, -0.25) is 4.79 Å². The van der Waals surface area contributed by atoms with Crippen LogP contribution in [0.5, 0.6) is 5.88 Å². The molecule has 0 spiro atoms. The lowest BCUT2D eigenvalue weighted by Gasteiger charge is -2.16. The molecule has 1 aliphatic heterocycles. The van der Waals surface area contributed by atoms with E-state index >= 15 is 0 Å². The molecule has 0 aromatic carbocycles. The Morgan fingerprint density at radius 1 is 1.50 bits per heavy atom. The van der Waals surface area contributed by atoms with E-state index in [0.717, 1.165) is 5.56 Å². The van der Waals surface area contributed by atoms with Gasteiger partial charge in [0.15, 0.2) is 0 Å². The number of aromatic nitrogens is 1. The zero-order valence-electron chi connectivity index (χ0n) is 11.0. The largest absolute Gasteiger partial charge is 0.481 e. The number of halogens is 1. The molecule has 0 saturated carbocycles. The zero-order valence-corrected chi connectivity index (χ0v) is 12.5. The first-order valence-electron chi connectivity index (χ1n) is 6.06. The van der Waals surface area contributed by atoms with E-state index in [4.69, 9.17) is 15.4 Å². The van der Waals surface area contributed by atoms with Gasteiger partial charge in [0.1, 0.15) is 0 Å². The van der Waals surface area contributed by atoms with E-state index < -0.39 is 9.05 Å². The van der Waals surface area contributed by atoms with Crippen LogP contribution >= 0.6 is 10.7 Å². The van der Waals surface area contributed by atoms with Gasteiger partial charge in [-0.15, -0.1) is 0 Å². The molecule has 20 heavy (non-hydrogen) atoms. The molecular formula is C12H15ClN2O4S. The molecule has 110 valence electrons. The summed E-state index contributed by atoms with van der Waals surface area (Å²) in [5.41, 5.74) is 0.869. The second-order valence-corrected chi connectivity index (χ2v) is 7.58. The molecule has 0 aliphatic carbocycles. The molecule has 8 heteroatoms. The molecule has 1 aromatic heterocycles. The number of rotatable bonds is 5. The lowest BCUT2D eigenvalue weighted by molar-refractivity contribution is -0.128. The van der Waals surface area contributed by atoms with Crippen molar-refractivity contribution in [3.63, 3.8) is 0 Å². The minimum absolute atomic E-state index is 0.0638. The van der Waals surface area contributed by atoms with Crippen molar-refractivity contribution in [1.82, 2.24) is 9.88 Å². The maximum absolute atomic E-state index is 11.8. The van der Waals surface area contributed by atoms with Gasteiger partial charge in [0.05, 0.1) is 12.9 Å². The van der Waals surface area contributed by atoms with Crippen molar-refractivity contribution in [3.05, 3.63) is 23.9 Å². The number of methoxy groups -OCH3 is 1. The van der Waals surface area contributed by atoms with Gasteiger partial charge in [0.25, 0.3) is 0 Å². The van der Waals surface area contributed by atoms with Crippen LogP contribution < -0.4 is 4.74 Å². The van der Waals surface area contributed by atoms with Crippen molar-refractivity contribution in [3.8, 4) is 5.88 Å². The molecule has 2 rings (SSSR count). The predicted molar refractivity (Wildman–Crippen MR) is 74.0 cm³/mol. The first kappa shape index (κ1) is 15.1. The second kappa shape index (κ2) is 5.97. The van der Waals surface area contributed by atoms with E-state index in [1.807, 2.05) is 6.07 Å². The fourth-order valence-corrected chi connectivity index (χ4v) is 3.57. The highest BCUT2D eigenvalue weighted by Crippen LogP contribution is 2.22. The third-order valence-corrected chi connectivity index (χ3v) is 4.36. The number of carbonyl (C=O) groups excluding carboxylic acids is 1. The van der Waals surface area contributed by atoms with Gasteiger partial charge in [0, 0.05) is 48.4 Å². The first-order chi connectivity index (χ1) is 9.37. The smallest absolute Gasteiger partial charge is 0.232 e. The summed E-state index contributed by atoms with van der Waals surface area (Å²) >= 11 is 0. The maximum atomic E-state index is 11.8. The fourth-order valence-electron chi connectivity index (χ4n) is 2.25. The lowest BCUT2D eigenvalue weighted by Crippen LogP contribution is -2.25. The van der Waals surface area contributed by atoms with Crippen LogP contribution in [-0.2, 0) is 20.4 Å². The van der Waals surface area contributed by atoms with Crippen molar-refractivity contribution < 1.29 is 17.9 Å². The Balaban J connectivity index is 1.97. The van der Waals surface area contributed by atoms with Crippen LogP contribution in [0.1, 0.15) is 12.0 Å². The third kappa shape index (κ3) is 4.08. The minimum Gasteiger partial charge on any atom is -0.481 e. The highest BCUT2D eigenvalue weighted by Gasteiger charge is 2.32. The molecule has 1 fully saturated rings. The summed E-state index contributed by atoms with van der Waals surface area (Å²) in [5.74, 6) is 0.0347. The van der Waals surface area contributed by atoms with E-state index in [9.17, 15) is 13.2 Å². The number of carbonyl (C=O) groups is 1. The Bertz CT molecular complexity index is 588. The molecule has 1 aromatic rings. The summed E-state index contributed by atoms with van der Waals surface area (Å²) in [6.45, 7) is 0.811. The fraction of sp³-hybridized carbons (Fsp3) is 0.500. The maximum Gasteiger partial charge on any atom is 0.232 e. The van der Waals surface area contributed by atoms with Gasteiger partial charge in [0.2, 0.25) is 20.8 Å². The molecular weight excluding hydrogens is 304 g/mol. The summed E-state index contributed by atoms with van der Waals surface area (Å²) in [5, 5.41) is 0. The molecule has 1 saturated heterocycles. The van der Waals surface area contributed by atoms with E-state index in [2.05, 4.69) is 4.98 Å². The van der Waals surface area contributed by atoms with E-state index in [1.54, 1.807) is 17.2 Å². The molecule has 0 bridgehead atoms. The number of ether oxygens (including phenoxy) is 1. The summed E-state index contributed by atoms with van der Waals surface area (Å²) in [6.07, 6.45) is 1.85. The molecule has 1 amide bonds. The lowest BCUT2D eigenvalue weighted by atomic mass is 10.1. The summed E-state index contributed by atoms with van der Waals surface area (Å²) in [4.78, 5) is 17.5. The summed E-state index contributed by atoms with van der Waals surface area (Å²) in [6, 6.07) is 3.54. The van der Waals surface area contributed by atoms with Crippen LogP contribution in [0.2, 0.25) is 0 Å². The molecule has 6 nitrogen and oxygen atoms in total. The third-order valence-electron chi connectivity index (χ3n) is 3.11. The number of nitrogens with zero attached hydrogens (tertiary/aromatic N) is 2. The highest BCUT2D eigenvalue weighted by atomic mass is 35.7. The summed E-state index contributed by atoms with van der Waals surface area (Å²) < 4.78 is 27.0. The van der Waals surface area contributed by atoms with Crippen molar-refractivity contribution in [2.75, 3.05) is 19.4 Å². The van der Waals surface area contributed by atoms with E-state index in [-0.39, 0.29) is 24.0 Å². The number of pyridine rings is 1. The second-order valence-electron chi connectivity index (χ2n) is 4.76. The SMILES string of the molecule is COc1ccc(CN2CC(CS(=O)(=O)Cl)CC2=O)cn1. The standard InChI is InChI=1S/C12H15ClN2O4S/c1-19-11-3-2-9(5-14-11)6-15-7-10(4-12(15)16)8-20(13,17)18/h2-3,5,10H,4,6-8H2,1H3. The Kier molecular flexibility index (Phi) is 4.49. The van der Waals surface area contributed by atoms with Crippen molar-refractivity contribution in [1.29, 1.82) is 0 Å². The average molecular weight is 319 g/mol. The Labute approximate surface area is 122 Å². The van der Waals surface area contributed by atoms with Gasteiger partial charge < -0.3 is 9.64 Å². The van der Waals surface area contributed by atoms with Gasteiger partial charge in [-0.05, 0) is 5.56 Å². The zero-order chi connectivity index (χ0) is 14.8. The number of amides is 1. The molecule has 1 unspecified atom stereocenters. The predicted octanol–water partition coefficient (Wildman–Crippen LogP) is 1.01. The molecule has 0 N–H and O–H groups in total. The van der Waals surface area contributed by atoms with E-state index in [0.29, 0.717) is 19.0 Å². The van der Waals surface area contributed by atoms with Gasteiger partial charge in [-0.25, -0.2) is 13.4 Å². The van der Waals surface area contributed by atoms with Crippen molar-refractivity contribution in [2.45, 2.75) is 13.0 Å². The average Bonchev–Trinajstić information content (AvgIpc) is 2.68. The van der Waals surface area contributed by atoms with E-state index in [1.165, 1.54) is 7.11 Å². The van der Waals surface area contributed by atoms with Crippen molar-refractivity contribution in [2.24, 2.45) is 5.92 Å². The van der Waals surface area contributed by atoms with Crippen LogP contribution in [0.3, 0.4) is 0 Å².